The monoisotopic (exact) mass is 232 g/mol. The summed E-state index contributed by atoms with van der Waals surface area (Å²) in [5.41, 5.74) is 2.61. The zero-order chi connectivity index (χ0) is 11.9. The second-order valence-corrected chi connectivity index (χ2v) is 4.29. The van der Waals surface area contributed by atoms with Gasteiger partial charge in [-0.3, -0.25) is 0 Å². The Morgan fingerprint density at radius 1 is 1.29 bits per heavy atom. The van der Waals surface area contributed by atoms with Crippen molar-refractivity contribution in [3.05, 3.63) is 42.0 Å². The van der Waals surface area contributed by atoms with Crippen molar-refractivity contribution in [1.82, 2.24) is 0 Å². The first-order valence-corrected chi connectivity index (χ1v) is 6.38. The van der Waals surface area contributed by atoms with Gasteiger partial charge >= 0.3 is 0 Å². The van der Waals surface area contributed by atoms with Crippen LogP contribution in [-0.4, -0.2) is 19.5 Å². The Balaban J connectivity index is 1.90. The maximum atomic E-state index is 5.71. The van der Waals surface area contributed by atoms with Crippen LogP contribution >= 0.6 is 0 Å². The Bertz CT molecular complexity index is 356. The zero-order valence-corrected chi connectivity index (χ0v) is 10.4. The molecule has 2 rings (SSSR count). The highest BCUT2D eigenvalue weighted by atomic mass is 16.7. The Morgan fingerprint density at radius 3 is 2.88 bits per heavy atom. The summed E-state index contributed by atoms with van der Waals surface area (Å²) >= 11 is 0. The molecule has 0 bridgehead atoms. The van der Waals surface area contributed by atoms with Gasteiger partial charge in [0.25, 0.3) is 0 Å². The summed E-state index contributed by atoms with van der Waals surface area (Å²) in [7, 11) is 0. The van der Waals surface area contributed by atoms with Crippen LogP contribution in [0.5, 0.6) is 0 Å². The molecule has 1 aliphatic heterocycles. The number of ether oxygens (including phenoxy) is 2. The highest BCUT2D eigenvalue weighted by Gasteiger charge is 2.17. The molecule has 1 aliphatic rings. The van der Waals surface area contributed by atoms with Crippen LogP contribution in [0.25, 0.3) is 5.57 Å². The molecule has 1 aromatic rings. The minimum absolute atomic E-state index is 0.0678. The highest BCUT2D eigenvalue weighted by Crippen LogP contribution is 2.25. The Hall–Kier alpha value is -1.12. The fourth-order valence-electron chi connectivity index (χ4n) is 1.93. The predicted octanol–water partition coefficient (Wildman–Crippen LogP) is 3.63. The second-order valence-electron chi connectivity index (χ2n) is 4.29. The van der Waals surface area contributed by atoms with Crippen LogP contribution in [0.3, 0.4) is 0 Å². The molecule has 1 aromatic carbocycles. The molecule has 0 N–H and O–H groups in total. The van der Waals surface area contributed by atoms with Crippen molar-refractivity contribution in [3.8, 4) is 0 Å². The van der Waals surface area contributed by atoms with Gasteiger partial charge in [-0.1, -0.05) is 49.8 Å². The second kappa shape index (κ2) is 6.58. The first kappa shape index (κ1) is 12.3. The average Bonchev–Trinajstić information content (AvgIpc) is 2.41. The molecule has 1 atom stereocenters. The van der Waals surface area contributed by atoms with E-state index in [0.29, 0.717) is 6.61 Å². The van der Waals surface area contributed by atoms with Crippen molar-refractivity contribution in [3.63, 3.8) is 0 Å². The molecule has 17 heavy (non-hydrogen) atoms. The van der Waals surface area contributed by atoms with Crippen molar-refractivity contribution in [2.75, 3.05) is 13.2 Å². The lowest BCUT2D eigenvalue weighted by molar-refractivity contribution is -0.135. The van der Waals surface area contributed by atoms with Gasteiger partial charge < -0.3 is 9.47 Å². The van der Waals surface area contributed by atoms with Crippen molar-refractivity contribution < 1.29 is 9.47 Å². The van der Waals surface area contributed by atoms with Gasteiger partial charge in [0.05, 0.1) is 6.61 Å². The van der Waals surface area contributed by atoms with Crippen LogP contribution in [0.1, 0.15) is 31.7 Å². The zero-order valence-electron chi connectivity index (χ0n) is 10.4. The summed E-state index contributed by atoms with van der Waals surface area (Å²) in [5.74, 6) is 0. The minimum atomic E-state index is -0.0678. The summed E-state index contributed by atoms with van der Waals surface area (Å²) in [6.07, 6.45) is 5.20. The molecule has 0 radical (unpaired) electrons. The van der Waals surface area contributed by atoms with E-state index in [0.717, 1.165) is 25.9 Å². The smallest absolute Gasteiger partial charge is 0.162 e. The maximum absolute atomic E-state index is 5.71. The normalized spacial score (nSPS) is 20.1. The molecule has 0 fully saturated rings. The summed E-state index contributed by atoms with van der Waals surface area (Å²) in [5, 5.41) is 0. The van der Waals surface area contributed by atoms with Gasteiger partial charge in [0.15, 0.2) is 6.29 Å². The molecule has 0 aliphatic carbocycles. The van der Waals surface area contributed by atoms with E-state index in [1.807, 2.05) is 6.07 Å². The van der Waals surface area contributed by atoms with Crippen LogP contribution in [-0.2, 0) is 9.47 Å². The molecule has 1 heterocycles. The highest BCUT2D eigenvalue weighted by molar-refractivity contribution is 5.66. The van der Waals surface area contributed by atoms with Crippen LogP contribution < -0.4 is 0 Å². The van der Waals surface area contributed by atoms with E-state index in [1.165, 1.54) is 11.1 Å². The largest absolute Gasteiger partial charge is 0.352 e. The fraction of sp³-hybridized carbons (Fsp3) is 0.467. The molecule has 0 spiro atoms. The maximum Gasteiger partial charge on any atom is 0.162 e. The first-order chi connectivity index (χ1) is 8.40. The summed E-state index contributed by atoms with van der Waals surface area (Å²) in [6.45, 7) is 3.62. The molecular formula is C15H20O2. The van der Waals surface area contributed by atoms with E-state index >= 15 is 0 Å². The van der Waals surface area contributed by atoms with Crippen LogP contribution in [0.4, 0.5) is 0 Å². The van der Waals surface area contributed by atoms with Crippen LogP contribution in [0, 0.1) is 0 Å². The van der Waals surface area contributed by atoms with Crippen LogP contribution in [0.15, 0.2) is 36.4 Å². The van der Waals surface area contributed by atoms with Crippen molar-refractivity contribution in [2.24, 2.45) is 0 Å². The topological polar surface area (TPSA) is 18.5 Å². The summed E-state index contributed by atoms with van der Waals surface area (Å²) < 4.78 is 11.3. The third kappa shape index (κ3) is 3.69. The first-order valence-electron chi connectivity index (χ1n) is 6.38. The lowest BCUT2D eigenvalue weighted by Gasteiger charge is -2.23. The Labute approximate surface area is 103 Å². The number of hydrogen-bond acceptors (Lipinski definition) is 2. The molecule has 2 heteroatoms. The van der Waals surface area contributed by atoms with Crippen LogP contribution in [0.2, 0.25) is 0 Å². The van der Waals surface area contributed by atoms with Gasteiger partial charge in [0.2, 0.25) is 0 Å². The van der Waals surface area contributed by atoms with Gasteiger partial charge in [-0.2, -0.15) is 0 Å². The van der Waals surface area contributed by atoms with E-state index in [2.05, 4.69) is 37.3 Å². The lowest BCUT2D eigenvalue weighted by atomic mass is 10.0. The number of benzene rings is 1. The standard InChI is InChI=1S/C15H20O2/c1-2-3-10-16-15-12-14(9-11-17-15)13-7-5-4-6-8-13/h4-9,15H,2-3,10-12H2,1H3/t15-/m1/s1. The summed E-state index contributed by atoms with van der Waals surface area (Å²) in [6, 6.07) is 10.5. The van der Waals surface area contributed by atoms with E-state index in [1.54, 1.807) is 0 Å². The van der Waals surface area contributed by atoms with Gasteiger partial charge in [-0.25, -0.2) is 0 Å². The van der Waals surface area contributed by atoms with Gasteiger partial charge in [0.1, 0.15) is 0 Å². The molecule has 0 unspecified atom stereocenters. The predicted molar refractivity (Wildman–Crippen MR) is 69.6 cm³/mol. The minimum Gasteiger partial charge on any atom is -0.352 e. The van der Waals surface area contributed by atoms with Gasteiger partial charge in [-0.05, 0) is 17.6 Å². The molecule has 0 saturated heterocycles. The fourth-order valence-corrected chi connectivity index (χ4v) is 1.93. The van der Waals surface area contributed by atoms with Gasteiger partial charge in [-0.15, -0.1) is 0 Å². The molecule has 2 nitrogen and oxygen atoms in total. The molecular weight excluding hydrogens is 212 g/mol. The quantitative estimate of drug-likeness (QED) is 0.722. The van der Waals surface area contributed by atoms with E-state index in [4.69, 9.17) is 9.47 Å². The van der Waals surface area contributed by atoms with Crippen molar-refractivity contribution >= 4 is 5.57 Å². The Morgan fingerprint density at radius 2 is 2.12 bits per heavy atom. The summed E-state index contributed by atoms with van der Waals surface area (Å²) in [4.78, 5) is 0. The van der Waals surface area contributed by atoms with E-state index < -0.39 is 0 Å². The van der Waals surface area contributed by atoms with E-state index in [-0.39, 0.29) is 6.29 Å². The third-order valence-corrected chi connectivity index (χ3v) is 2.94. The Kier molecular flexibility index (Phi) is 4.77. The molecule has 0 aromatic heterocycles. The lowest BCUT2D eigenvalue weighted by Crippen LogP contribution is -2.22. The van der Waals surface area contributed by atoms with Crippen molar-refractivity contribution in [1.29, 1.82) is 0 Å². The number of rotatable bonds is 5. The third-order valence-electron chi connectivity index (χ3n) is 2.94. The SMILES string of the molecule is CCCCO[C@H]1CC(c2ccccc2)=CCO1. The molecule has 0 amide bonds. The van der Waals surface area contributed by atoms with Gasteiger partial charge in [0, 0.05) is 13.0 Å². The molecule has 0 saturated carbocycles. The number of unbranched alkanes of at least 4 members (excludes halogenated alkanes) is 1. The van der Waals surface area contributed by atoms with E-state index in [9.17, 15) is 0 Å². The molecule has 92 valence electrons. The number of hydrogen-bond donors (Lipinski definition) is 0. The average molecular weight is 232 g/mol. The van der Waals surface area contributed by atoms with Crippen molar-refractivity contribution in [2.45, 2.75) is 32.5 Å².